The molecule has 8 heteroatoms. The van der Waals surface area contributed by atoms with E-state index in [2.05, 4.69) is 10.3 Å². The summed E-state index contributed by atoms with van der Waals surface area (Å²) in [5.41, 5.74) is 8.95. The van der Waals surface area contributed by atoms with Gasteiger partial charge >= 0.3 is 0 Å². The van der Waals surface area contributed by atoms with E-state index in [9.17, 15) is 13.2 Å². The molecule has 3 N–H and O–H groups in total. The molecule has 0 radical (unpaired) electrons. The minimum absolute atomic E-state index is 0.139. The summed E-state index contributed by atoms with van der Waals surface area (Å²) >= 11 is 0. The first-order chi connectivity index (χ1) is 12.9. The highest BCUT2D eigenvalue weighted by Crippen LogP contribution is 2.41. The second kappa shape index (κ2) is 6.53. The van der Waals surface area contributed by atoms with Crippen LogP contribution in [0.25, 0.3) is 10.9 Å². The van der Waals surface area contributed by atoms with Crippen LogP contribution < -0.4 is 15.8 Å². The summed E-state index contributed by atoms with van der Waals surface area (Å²) in [6.07, 6.45) is 4.94. The van der Waals surface area contributed by atoms with Crippen LogP contribution in [0.1, 0.15) is 41.1 Å². The first-order valence-corrected chi connectivity index (χ1v) is 10.6. The molecular weight excluding hydrogens is 366 g/mol. The largest absolute Gasteiger partial charge is 0.480 e. The first-order valence-electron chi connectivity index (χ1n) is 8.87. The van der Waals surface area contributed by atoms with Crippen molar-refractivity contribution in [2.24, 2.45) is 0 Å². The monoisotopic (exact) mass is 387 g/mol. The highest BCUT2D eigenvalue weighted by atomic mass is 32.2. The van der Waals surface area contributed by atoms with Crippen molar-refractivity contribution in [3.05, 3.63) is 40.8 Å². The molecule has 2 heterocycles. The number of benzene rings is 1. The number of aromatic nitrogens is 1. The smallest absolute Gasteiger partial charge is 0.257 e. The Kier molecular flexibility index (Phi) is 4.30. The Morgan fingerprint density at radius 2 is 2.11 bits per heavy atom. The van der Waals surface area contributed by atoms with E-state index in [1.165, 1.54) is 19.6 Å². The molecule has 142 valence electrons. The van der Waals surface area contributed by atoms with Gasteiger partial charge in [-0.05, 0) is 36.5 Å². The van der Waals surface area contributed by atoms with Crippen molar-refractivity contribution >= 4 is 32.3 Å². The quantitative estimate of drug-likeness (QED) is 0.778. The Bertz CT molecular complexity index is 1060. The molecular formula is C19H21N3O4S. The van der Waals surface area contributed by atoms with E-state index in [1.807, 2.05) is 12.1 Å². The van der Waals surface area contributed by atoms with Crippen molar-refractivity contribution in [2.45, 2.75) is 31.2 Å². The summed E-state index contributed by atoms with van der Waals surface area (Å²) in [7, 11) is -1.81. The molecule has 1 aliphatic carbocycles. The van der Waals surface area contributed by atoms with Gasteiger partial charge in [0.2, 0.25) is 5.88 Å². The van der Waals surface area contributed by atoms with E-state index in [4.69, 9.17) is 10.5 Å². The van der Waals surface area contributed by atoms with Crippen LogP contribution in [-0.2, 0) is 9.84 Å². The summed E-state index contributed by atoms with van der Waals surface area (Å²) in [5, 5.41) is 4.56. The molecule has 27 heavy (non-hydrogen) atoms. The van der Waals surface area contributed by atoms with Crippen molar-refractivity contribution in [3.63, 3.8) is 0 Å². The van der Waals surface area contributed by atoms with Crippen LogP contribution in [0.4, 0.5) is 5.69 Å². The van der Waals surface area contributed by atoms with E-state index in [1.54, 1.807) is 6.07 Å². The molecule has 4 rings (SSSR count). The number of carbonyl (C=O) groups is 1. The fourth-order valence-corrected chi connectivity index (χ4v) is 4.80. The lowest BCUT2D eigenvalue weighted by Crippen LogP contribution is -2.35. The van der Waals surface area contributed by atoms with Gasteiger partial charge in [0.05, 0.1) is 30.1 Å². The van der Waals surface area contributed by atoms with Crippen LogP contribution in [0.5, 0.6) is 5.88 Å². The molecule has 1 aromatic carbocycles. The van der Waals surface area contributed by atoms with Crippen LogP contribution in [0.3, 0.4) is 0 Å². The SMILES string of the molecule is COc1nc2c(N)c(C3CCC3)ccc2cc1C(=O)N[C@@H]1C=CS(=O)(=O)C1. The van der Waals surface area contributed by atoms with Crippen molar-refractivity contribution < 1.29 is 17.9 Å². The summed E-state index contributed by atoms with van der Waals surface area (Å²) in [4.78, 5) is 17.1. The second-order valence-electron chi connectivity index (χ2n) is 7.05. The predicted octanol–water partition coefficient (Wildman–Crippen LogP) is 2.13. The maximum Gasteiger partial charge on any atom is 0.257 e. The number of nitrogens with zero attached hydrogens (tertiary/aromatic N) is 1. The summed E-state index contributed by atoms with van der Waals surface area (Å²) < 4.78 is 28.4. The molecule has 2 aliphatic rings. The number of amides is 1. The molecule has 0 unspecified atom stereocenters. The van der Waals surface area contributed by atoms with Crippen LogP contribution in [-0.4, -0.2) is 38.2 Å². The molecule has 1 saturated carbocycles. The van der Waals surface area contributed by atoms with E-state index >= 15 is 0 Å². The van der Waals surface area contributed by atoms with Gasteiger partial charge in [0.25, 0.3) is 5.91 Å². The number of methoxy groups -OCH3 is 1. The van der Waals surface area contributed by atoms with Gasteiger partial charge in [-0.15, -0.1) is 0 Å². The van der Waals surface area contributed by atoms with Gasteiger partial charge < -0.3 is 15.8 Å². The number of fused-ring (bicyclic) bond motifs is 1. The Hall–Kier alpha value is -2.61. The molecule has 1 aromatic heterocycles. The molecule has 1 atom stereocenters. The van der Waals surface area contributed by atoms with Gasteiger partial charge in [-0.25, -0.2) is 13.4 Å². The minimum Gasteiger partial charge on any atom is -0.480 e. The van der Waals surface area contributed by atoms with Gasteiger partial charge in [-0.1, -0.05) is 18.6 Å². The number of nitrogens with one attached hydrogen (secondary N) is 1. The number of hydrogen-bond donors (Lipinski definition) is 2. The van der Waals surface area contributed by atoms with Crippen LogP contribution in [0.2, 0.25) is 0 Å². The molecule has 1 aliphatic heterocycles. The zero-order chi connectivity index (χ0) is 19.2. The number of ether oxygens (including phenoxy) is 1. The molecule has 0 bridgehead atoms. The Balaban J connectivity index is 1.68. The number of nitrogens with two attached hydrogens (primary N) is 1. The van der Waals surface area contributed by atoms with Crippen LogP contribution >= 0.6 is 0 Å². The zero-order valence-electron chi connectivity index (χ0n) is 14.9. The molecule has 7 nitrogen and oxygen atoms in total. The summed E-state index contributed by atoms with van der Waals surface area (Å²) in [6, 6.07) is 5.05. The number of hydrogen-bond acceptors (Lipinski definition) is 6. The zero-order valence-corrected chi connectivity index (χ0v) is 15.8. The number of carbonyl (C=O) groups excluding carboxylic acids is 1. The highest BCUT2D eigenvalue weighted by molar-refractivity contribution is 7.94. The first kappa shape index (κ1) is 17.8. The van der Waals surface area contributed by atoms with Crippen molar-refractivity contribution in [1.82, 2.24) is 10.3 Å². The Morgan fingerprint density at radius 1 is 1.33 bits per heavy atom. The van der Waals surface area contributed by atoms with Crippen molar-refractivity contribution in [1.29, 1.82) is 0 Å². The Labute approximate surface area is 157 Å². The predicted molar refractivity (Wildman–Crippen MR) is 103 cm³/mol. The average molecular weight is 387 g/mol. The van der Waals surface area contributed by atoms with E-state index in [0.717, 1.165) is 29.2 Å². The molecule has 1 amide bonds. The molecule has 0 spiro atoms. The van der Waals surface area contributed by atoms with E-state index in [-0.39, 0.29) is 17.2 Å². The lowest BCUT2D eigenvalue weighted by molar-refractivity contribution is 0.0944. The molecule has 1 fully saturated rings. The molecule has 2 aromatic rings. The van der Waals surface area contributed by atoms with Crippen molar-refractivity contribution in [2.75, 3.05) is 18.6 Å². The van der Waals surface area contributed by atoms with Gasteiger partial charge in [0, 0.05) is 10.8 Å². The standard InChI is InChI=1S/C19H21N3O4S/c1-26-19-15(18(23)21-13-7-8-27(24,25)10-13)9-12-5-6-14(11-3-2-4-11)16(20)17(12)22-19/h5-9,11,13H,2-4,10,20H2,1H3,(H,21,23)/t13-/m1/s1. The number of pyridine rings is 1. The number of rotatable bonds is 4. The van der Waals surface area contributed by atoms with Gasteiger partial charge in [0.1, 0.15) is 5.56 Å². The molecule has 0 saturated heterocycles. The van der Waals surface area contributed by atoms with Crippen molar-refractivity contribution in [3.8, 4) is 5.88 Å². The maximum absolute atomic E-state index is 12.7. The van der Waals surface area contributed by atoms with E-state index in [0.29, 0.717) is 17.1 Å². The third-order valence-electron chi connectivity index (χ3n) is 5.26. The van der Waals surface area contributed by atoms with Gasteiger partial charge in [0.15, 0.2) is 9.84 Å². The van der Waals surface area contributed by atoms with Crippen LogP contribution in [0.15, 0.2) is 29.7 Å². The minimum atomic E-state index is -3.25. The highest BCUT2D eigenvalue weighted by Gasteiger charge is 2.26. The normalized spacial score (nSPS) is 21.1. The summed E-state index contributed by atoms with van der Waals surface area (Å²) in [6.45, 7) is 0. The number of nitrogen functional groups attached to an aromatic ring is 1. The number of sulfone groups is 1. The average Bonchev–Trinajstić information content (AvgIpc) is 2.93. The van der Waals surface area contributed by atoms with Gasteiger partial charge in [-0.2, -0.15) is 0 Å². The number of anilines is 1. The summed E-state index contributed by atoms with van der Waals surface area (Å²) in [5.74, 6) is 0.0675. The van der Waals surface area contributed by atoms with Gasteiger partial charge in [-0.3, -0.25) is 4.79 Å². The third-order valence-corrected chi connectivity index (χ3v) is 6.65. The lowest BCUT2D eigenvalue weighted by atomic mass is 9.79. The Morgan fingerprint density at radius 3 is 2.70 bits per heavy atom. The fraction of sp³-hybridized carbons (Fsp3) is 0.368. The fourth-order valence-electron chi connectivity index (χ4n) is 3.57. The third kappa shape index (κ3) is 3.25. The van der Waals surface area contributed by atoms with Crippen LogP contribution in [0, 0.1) is 0 Å². The maximum atomic E-state index is 12.7. The second-order valence-corrected chi connectivity index (χ2v) is 8.98. The topological polar surface area (TPSA) is 111 Å². The lowest BCUT2D eigenvalue weighted by Gasteiger charge is -2.27. The van der Waals surface area contributed by atoms with E-state index < -0.39 is 21.8 Å².